The quantitative estimate of drug-likeness (QED) is 0.500. The molecule has 0 saturated carbocycles. The molecule has 1 aromatic heterocycles. The average Bonchev–Trinajstić information content (AvgIpc) is 3.29. The van der Waals surface area contributed by atoms with Crippen molar-refractivity contribution in [2.75, 3.05) is 11.9 Å². The zero-order valence-electron chi connectivity index (χ0n) is 17.2. The minimum Gasteiger partial charge on any atom is -0.468 e. The second-order valence-electron chi connectivity index (χ2n) is 7.59. The molecule has 1 aromatic carbocycles. The van der Waals surface area contributed by atoms with Crippen LogP contribution in [0.3, 0.4) is 0 Å². The van der Waals surface area contributed by atoms with Crippen LogP contribution in [0.15, 0.2) is 52.0 Å². The number of nitrogens with one attached hydrogen (secondary N) is 3. The summed E-state index contributed by atoms with van der Waals surface area (Å²) in [6, 6.07) is 8.60. The van der Waals surface area contributed by atoms with E-state index in [2.05, 4.69) is 15.4 Å². The van der Waals surface area contributed by atoms with Gasteiger partial charge in [0.05, 0.1) is 17.7 Å². The predicted molar refractivity (Wildman–Crippen MR) is 111 cm³/mol. The molecule has 2 aromatic rings. The van der Waals surface area contributed by atoms with Crippen molar-refractivity contribution < 1.29 is 27.2 Å². The van der Waals surface area contributed by atoms with E-state index in [0.717, 1.165) is 4.90 Å². The number of imide groups is 1. The SMILES string of the molecule is CC1(C)NC(=O)N(CCCC(=O)Nc2ccc(S(=O)(=O)NCc3ccco3)cc2)C1=O. The summed E-state index contributed by atoms with van der Waals surface area (Å²) in [6.45, 7) is 3.41. The van der Waals surface area contributed by atoms with Gasteiger partial charge in [0.25, 0.3) is 5.91 Å². The third-order valence-corrected chi connectivity index (χ3v) is 6.11. The molecule has 10 nitrogen and oxygen atoms in total. The smallest absolute Gasteiger partial charge is 0.325 e. The molecule has 0 atom stereocenters. The molecule has 1 aliphatic heterocycles. The molecule has 0 bridgehead atoms. The standard InChI is InChI=1S/C20H24N4O6S/c1-20(2)18(26)24(19(27)23-20)11-3-6-17(25)22-14-7-9-16(10-8-14)31(28,29)21-13-15-5-4-12-30-15/h4-5,7-10,12,21H,3,6,11,13H2,1-2H3,(H,22,25)(H,23,27). The highest BCUT2D eigenvalue weighted by Gasteiger charge is 2.43. The molecule has 31 heavy (non-hydrogen) atoms. The molecule has 1 saturated heterocycles. The molecule has 0 unspecified atom stereocenters. The molecule has 1 aliphatic rings. The van der Waals surface area contributed by atoms with Crippen LogP contribution in [0.25, 0.3) is 0 Å². The van der Waals surface area contributed by atoms with Crippen LogP contribution in [0.2, 0.25) is 0 Å². The maximum absolute atomic E-state index is 12.3. The first kappa shape index (κ1) is 22.5. The van der Waals surface area contributed by atoms with Gasteiger partial charge in [-0.1, -0.05) is 0 Å². The molecule has 0 spiro atoms. The van der Waals surface area contributed by atoms with E-state index in [9.17, 15) is 22.8 Å². The molecule has 3 N–H and O–H groups in total. The Hall–Kier alpha value is -3.18. The van der Waals surface area contributed by atoms with Gasteiger partial charge in [-0.25, -0.2) is 17.9 Å². The van der Waals surface area contributed by atoms with E-state index in [1.54, 1.807) is 26.0 Å². The second kappa shape index (κ2) is 8.90. The Balaban J connectivity index is 1.47. The first-order valence-electron chi connectivity index (χ1n) is 9.64. The van der Waals surface area contributed by atoms with Gasteiger partial charge in [-0.05, 0) is 56.7 Å². The number of urea groups is 1. The predicted octanol–water partition coefficient (Wildman–Crippen LogP) is 1.81. The maximum Gasteiger partial charge on any atom is 0.325 e. The van der Waals surface area contributed by atoms with Gasteiger partial charge >= 0.3 is 6.03 Å². The summed E-state index contributed by atoms with van der Waals surface area (Å²) in [4.78, 5) is 37.2. The Kier molecular flexibility index (Phi) is 6.46. The highest BCUT2D eigenvalue weighted by Crippen LogP contribution is 2.18. The first-order chi connectivity index (χ1) is 14.6. The summed E-state index contributed by atoms with van der Waals surface area (Å²) in [5.74, 6) is -0.141. The molecule has 3 rings (SSSR count). The van der Waals surface area contributed by atoms with Crippen molar-refractivity contribution in [1.82, 2.24) is 14.9 Å². The molecular formula is C20H24N4O6S. The minimum atomic E-state index is -3.72. The Morgan fingerprint density at radius 1 is 1.16 bits per heavy atom. The number of nitrogens with zero attached hydrogens (tertiary/aromatic N) is 1. The van der Waals surface area contributed by atoms with E-state index < -0.39 is 21.6 Å². The van der Waals surface area contributed by atoms with E-state index >= 15 is 0 Å². The molecule has 166 valence electrons. The second-order valence-corrected chi connectivity index (χ2v) is 9.36. The van der Waals surface area contributed by atoms with E-state index in [1.165, 1.54) is 30.5 Å². The molecule has 0 radical (unpaired) electrons. The summed E-state index contributed by atoms with van der Waals surface area (Å²) in [5.41, 5.74) is -0.500. The van der Waals surface area contributed by atoms with Crippen LogP contribution in [-0.4, -0.2) is 43.2 Å². The van der Waals surface area contributed by atoms with Gasteiger partial charge in [-0.15, -0.1) is 0 Å². The number of hydrogen-bond acceptors (Lipinski definition) is 6. The van der Waals surface area contributed by atoms with E-state index in [0.29, 0.717) is 17.9 Å². The van der Waals surface area contributed by atoms with Crippen LogP contribution in [0, 0.1) is 0 Å². The summed E-state index contributed by atoms with van der Waals surface area (Å²) in [7, 11) is -3.72. The fourth-order valence-electron chi connectivity index (χ4n) is 3.02. The van der Waals surface area contributed by atoms with E-state index in [1.807, 2.05) is 0 Å². The number of hydrogen-bond donors (Lipinski definition) is 3. The third kappa shape index (κ3) is 5.50. The van der Waals surface area contributed by atoms with Crippen LogP contribution >= 0.6 is 0 Å². The first-order valence-corrected chi connectivity index (χ1v) is 11.1. The van der Waals surface area contributed by atoms with Crippen molar-refractivity contribution in [1.29, 1.82) is 0 Å². The topological polar surface area (TPSA) is 138 Å². The van der Waals surface area contributed by atoms with Gasteiger partial charge in [-0.3, -0.25) is 14.5 Å². The van der Waals surface area contributed by atoms with Crippen LogP contribution in [-0.2, 0) is 26.2 Å². The van der Waals surface area contributed by atoms with Gasteiger partial charge in [-0.2, -0.15) is 0 Å². The number of amides is 4. The Morgan fingerprint density at radius 2 is 1.87 bits per heavy atom. The molecule has 11 heteroatoms. The normalized spacial score (nSPS) is 15.7. The monoisotopic (exact) mass is 448 g/mol. The summed E-state index contributed by atoms with van der Waals surface area (Å²) < 4.78 is 32.2. The number of rotatable bonds is 9. The van der Waals surface area contributed by atoms with Crippen molar-refractivity contribution in [3.63, 3.8) is 0 Å². The van der Waals surface area contributed by atoms with Crippen molar-refractivity contribution in [2.24, 2.45) is 0 Å². The lowest BCUT2D eigenvalue weighted by atomic mass is 10.1. The summed E-state index contributed by atoms with van der Waals surface area (Å²) in [5, 5.41) is 5.25. The van der Waals surface area contributed by atoms with E-state index in [4.69, 9.17) is 4.42 Å². The van der Waals surface area contributed by atoms with Crippen LogP contribution in [0.1, 0.15) is 32.4 Å². The van der Waals surface area contributed by atoms with Gasteiger partial charge < -0.3 is 15.1 Å². The van der Waals surface area contributed by atoms with Gasteiger partial charge in [0, 0.05) is 18.7 Å². The lowest BCUT2D eigenvalue weighted by molar-refractivity contribution is -0.130. The number of carbonyl (C=O) groups is 3. The lowest BCUT2D eigenvalue weighted by Gasteiger charge is -2.15. The van der Waals surface area contributed by atoms with Gasteiger partial charge in [0.15, 0.2) is 0 Å². The molecule has 1 fully saturated rings. The summed E-state index contributed by atoms with van der Waals surface area (Å²) in [6.07, 6.45) is 1.87. The Morgan fingerprint density at radius 3 is 2.45 bits per heavy atom. The molecule has 2 heterocycles. The van der Waals surface area contributed by atoms with Crippen molar-refractivity contribution in [3.8, 4) is 0 Å². The third-order valence-electron chi connectivity index (χ3n) is 4.69. The Labute approximate surface area is 180 Å². The number of sulfonamides is 1. The minimum absolute atomic E-state index is 0.0303. The molecule has 4 amide bonds. The zero-order chi connectivity index (χ0) is 22.6. The van der Waals surface area contributed by atoms with Crippen LogP contribution < -0.4 is 15.4 Å². The van der Waals surface area contributed by atoms with Crippen LogP contribution in [0.5, 0.6) is 0 Å². The number of benzene rings is 1. The van der Waals surface area contributed by atoms with Crippen molar-refractivity contribution in [3.05, 3.63) is 48.4 Å². The highest BCUT2D eigenvalue weighted by atomic mass is 32.2. The molecule has 0 aliphatic carbocycles. The Bertz CT molecular complexity index is 1060. The number of carbonyl (C=O) groups excluding carboxylic acids is 3. The van der Waals surface area contributed by atoms with Crippen molar-refractivity contribution >= 4 is 33.6 Å². The van der Waals surface area contributed by atoms with E-state index in [-0.39, 0.29) is 36.2 Å². The van der Waals surface area contributed by atoms with Crippen LogP contribution in [0.4, 0.5) is 10.5 Å². The number of furan rings is 1. The summed E-state index contributed by atoms with van der Waals surface area (Å²) >= 11 is 0. The fraction of sp³-hybridized carbons (Fsp3) is 0.350. The fourth-order valence-corrected chi connectivity index (χ4v) is 4.02. The van der Waals surface area contributed by atoms with Crippen molar-refractivity contribution in [2.45, 2.75) is 43.7 Å². The average molecular weight is 449 g/mol. The number of anilines is 1. The molecular weight excluding hydrogens is 424 g/mol. The maximum atomic E-state index is 12.3. The van der Waals surface area contributed by atoms with Gasteiger partial charge in [0.1, 0.15) is 11.3 Å². The largest absolute Gasteiger partial charge is 0.468 e. The zero-order valence-corrected chi connectivity index (χ0v) is 18.0. The highest BCUT2D eigenvalue weighted by molar-refractivity contribution is 7.89. The van der Waals surface area contributed by atoms with Gasteiger partial charge in [0.2, 0.25) is 15.9 Å². The lowest BCUT2D eigenvalue weighted by Crippen LogP contribution is -2.40.